The number of anilines is 3. The lowest BCUT2D eigenvalue weighted by atomic mass is 9.90. The van der Waals surface area contributed by atoms with E-state index < -0.39 is 11.6 Å². The zero-order valence-electron chi connectivity index (χ0n) is 21.5. The van der Waals surface area contributed by atoms with Crippen LogP contribution in [0.25, 0.3) is 0 Å². The predicted octanol–water partition coefficient (Wildman–Crippen LogP) is 5.50. The summed E-state index contributed by atoms with van der Waals surface area (Å²) >= 11 is 0. The SMILES string of the molecule is CCOc1ncc(Nc2cc(C(CC)CC(=O)O)ccc2N(CC(C)(C)O)C2CCCCC2)cn1. The highest BCUT2D eigenvalue weighted by atomic mass is 16.5. The van der Waals surface area contributed by atoms with Gasteiger partial charge in [-0.2, -0.15) is 0 Å². The molecular formula is C27H40N4O4. The average molecular weight is 485 g/mol. The molecule has 3 N–H and O–H groups in total. The first-order valence-corrected chi connectivity index (χ1v) is 12.8. The maximum absolute atomic E-state index is 11.5. The second kappa shape index (κ2) is 12.2. The number of ether oxygens (including phenoxy) is 1. The molecule has 1 unspecified atom stereocenters. The monoisotopic (exact) mass is 484 g/mol. The van der Waals surface area contributed by atoms with Crippen LogP contribution in [0.3, 0.4) is 0 Å². The number of hydrogen-bond donors (Lipinski definition) is 3. The van der Waals surface area contributed by atoms with E-state index in [1.54, 1.807) is 12.4 Å². The lowest BCUT2D eigenvalue weighted by Crippen LogP contribution is -2.45. The van der Waals surface area contributed by atoms with Crippen LogP contribution in [0.4, 0.5) is 17.1 Å². The van der Waals surface area contributed by atoms with Crippen molar-refractivity contribution in [3.05, 3.63) is 36.2 Å². The number of benzene rings is 1. The molecule has 1 heterocycles. The largest absolute Gasteiger partial charge is 0.481 e. The van der Waals surface area contributed by atoms with Crippen LogP contribution in [0.15, 0.2) is 30.6 Å². The van der Waals surface area contributed by atoms with Gasteiger partial charge in [0.15, 0.2) is 0 Å². The molecule has 1 saturated carbocycles. The summed E-state index contributed by atoms with van der Waals surface area (Å²) < 4.78 is 5.37. The molecule has 3 rings (SSSR count). The molecule has 1 atom stereocenters. The van der Waals surface area contributed by atoms with Crippen LogP contribution in [-0.2, 0) is 4.79 Å². The Labute approximate surface area is 208 Å². The highest BCUT2D eigenvalue weighted by Gasteiger charge is 2.29. The van der Waals surface area contributed by atoms with E-state index in [4.69, 9.17) is 4.74 Å². The standard InChI is InChI=1S/C27H40N4O4/c1-5-19(15-25(32)33)20-12-13-24(31(18-27(3,4)34)22-10-8-7-9-11-22)23(14-20)30-21-16-28-26(29-17-21)35-6-2/h12-14,16-17,19,22,30,34H,5-11,15,18H2,1-4H3,(H,32,33). The zero-order chi connectivity index (χ0) is 25.4. The number of rotatable bonds is 12. The van der Waals surface area contributed by atoms with Gasteiger partial charge in [0, 0.05) is 12.6 Å². The van der Waals surface area contributed by atoms with Crippen molar-refractivity contribution in [1.82, 2.24) is 9.97 Å². The topological polar surface area (TPSA) is 108 Å². The molecule has 8 nitrogen and oxygen atoms in total. The molecule has 0 bridgehead atoms. The van der Waals surface area contributed by atoms with Crippen LogP contribution in [0.1, 0.15) is 84.1 Å². The number of aliphatic hydroxyl groups is 1. The summed E-state index contributed by atoms with van der Waals surface area (Å²) in [4.78, 5) is 22.3. The van der Waals surface area contributed by atoms with E-state index in [-0.39, 0.29) is 12.3 Å². The minimum absolute atomic E-state index is 0.0808. The number of nitrogens with zero attached hydrogens (tertiary/aromatic N) is 3. The molecule has 1 fully saturated rings. The minimum atomic E-state index is -0.870. The van der Waals surface area contributed by atoms with E-state index in [1.807, 2.05) is 39.8 Å². The summed E-state index contributed by atoms with van der Waals surface area (Å²) in [5.74, 6) is -0.891. The molecule has 0 spiro atoms. The van der Waals surface area contributed by atoms with Gasteiger partial charge in [-0.15, -0.1) is 0 Å². The van der Waals surface area contributed by atoms with Crippen LogP contribution in [0.5, 0.6) is 6.01 Å². The Kier molecular flexibility index (Phi) is 9.32. The maximum atomic E-state index is 11.5. The summed E-state index contributed by atoms with van der Waals surface area (Å²) in [6.07, 6.45) is 9.95. The molecule has 1 aromatic heterocycles. The first kappa shape index (κ1) is 26.7. The van der Waals surface area contributed by atoms with Crippen LogP contribution in [0.2, 0.25) is 0 Å². The lowest BCUT2D eigenvalue weighted by molar-refractivity contribution is -0.137. The lowest BCUT2D eigenvalue weighted by Gasteiger charge is -2.40. The molecule has 1 aliphatic carbocycles. The van der Waals surface area contributed by atoms with Gasteiger partial charge in [-0.25, -0.2) is 9.97 Å². The van der Waals surface area contributed by atoms with Gasteiger partial charge in [0.25, 0.3) is 0 Å². The average Bonchev–Trinajstić information content (AvgIpc) is 2.82. The molecular weight excluding hydrogens is 444 g/mol. The number of carboxylic acids is 1. The van der Waals surface area contributed by atoms with Crippen LogP contribution in [0, 0.1) is 0 Å². The second-order valence-corrected chi connectivity index (χ2v) is 10.0. The van der Waals surface area contributed by atoms with Crippen LogP contribution >= 0.6 is 0 Å². The Hall–Kier alpha value is -2.87. The summed E-state index contributed by atoms with van der Waals surface area (Å²) in [5, 5.41) is 23.6. The Morgan fingerprint density at radius 3 is 2.46 bits per heavy atom. The maximum Gasteiger partial charge on any atom is 0.316 e. The van der Waals surface area contributed by atoms with Gasteiger partial charge >= 0.3 is 12.0 Å². The first-order valence-electron chi connectivity index (χ1n) is 12.8. The molecule has 35 heavy (non-hydrogen) atoms. The number of aromatic nitrogens is 2. The summed E-state index contributed by atoms with van der Waals surface area (Å²) in [7, 11) is 0. The van der Waals surface area contributed by atoms with Gasteiger partial charge in [0.2, 0.25) is 0 Å². The number of hydrogen-bond acceptors (Lipinski definition) is 7. The molecule has 2 aromatic rings. The van der Waals surface area contributed by atoms with Crippen LogP contribution in [-0.4, -0.2) is 50.9 Å². The van der Waals surface area contributed by atoms with Gasteiger partial charge in [-0.1, -0.05) is 32.3 Å². The predicted molar refractivity (Wildman–Crippen MR) is 139 cm³/mol. The highest BCUT2D eigenvalue weighted by Crippen LogP contribution is 2.38. The zero-order valence-corrected chi connectivity index (χ0v) is 21.5. The Bertz CT molecular complexity index is 953. The number of carbonyl (C=O) groups is 1. The van der Waals surface area contributed by atoms with Gasteiger partial charge in [-0.05, 0) is 63.6 Å². The smallest absolute Gasteiger partial charge is 0.316 e. The quantitative estimate of drug-likeness (QED) is 0.363. The van der Waals surface area contributed by atoms with Crippen molar-refractivity contribution in [1.29, 1.82) is 0 Å². The van der Waals surface area contributed by atoms with Crippen molar-refractivity contribution in [3.8, 4) is 6.01 Å². The third kappa shape index (κ3) is 7.82. The molecule has 8 heteroatoms. The Morgan fingerprint density at radius 1 is 1.20 bits per heavy atom. The van der Waals surface area contributed by atoms with Crippen molar-refractivity contribution >= 4 is 23.0 Å². The van der Waals surface area contributed by atoms with Crippen molar-refractivity contribution in [3.63, 3.8) is 0 Å². The van der Waals surface area contributed by atoms with Crippen molar-refractivity contribution in [2.75, 3.05) is 23.4 Å². The Balaban J connectivity index is 2.03. The molecule has 1 aliphatic rings. The molecule has 0 amide bonds. The van der Waals surface area contributed by atoms with Crippen molar-refractivity contribution in [2.45, 2.75) is 90.2 Å². The summed E-state index contributed by atoms with van der Waals surface area (Å²) in [5.41, 5.74) is 2.66. The van der Waals surface area contributed by atoms with E-state index >= 15 is 0 Å². The van der Waals surface area contributed by atoms with E-state index in [9.17, 15) is 15.0 Å². The fourth-order valence-electron chi connectivity index (χ4n) is 4.83. The number of nitrogens with one attached hydrogen (secondary N) is 1. The molecule has 1 aromatic carbocycles. The van der Waals surface area contributed by atoms with Crippen LogP contribution < -0.4 is 15.0 Å². The number of aliphatic carboxylic acids is 1. The van der Waals surface area contributed by atoms with Gasteiger partial charge in [0.05, 0.1) is 48.1 Å². The minimum Gasteiger partial charge on any atom is -0.481 e. The van der Waals surface area contributed by atoms with Gasteiger partial charge in [0.1, 0.15) is 0 Å². The van der Waals surface area contributed by atoms with E-state index in [0.717, 1.165) is 36.2 Å². The number of carboxylic acid groups (broad SMARTS) is 1. The third-order valence-electron chi connectivity index (χ3n) is 6.47. The third-order valence-corrected chi connectivity index (χ3v) is 6.47. The summed E-state index contributed by atoms with van der Waals surface area (Å²) in [6, 6.07) is 6.80. The molecule has 0 radical (unpaired) electrons. The van der Waals surface area contributed by atoms with Crippen molar-refractivity contribution in [2.24, 2.45) is 0 Å². The summed E-state index contributed by atoms with van der Waals surface area (Å²) in [6.45, 7) is 8.57. The molecule has 0 aliphatic heterocycles. The van der Waals surface area contributed by atoms with Crippen molar-refractivity contribution < 1.29 is 19.7 Å². The van der Waals surface area contributed by atoms with Gasteiger partial charge < -0.3 is 25.2 Å². The van der Waals surface area contributed by atoms with E-state index in [0.29, 0.717) is 30.9 Å². The normalized spacial score (nSPS) is 15.5. The molecule has 192 valence electrons. The fourth-order valence-corrected chi connectivity index (χ4v) is 4.83. The highest BCUT2D eigenvalue weighted by molar-refractivity contribution is 5.77. The fraction of sp³-hybridized carbons (Fsp3) is 0.593. The first-order chi connectivity index (χ1) is 16.7. The van der Waals surface area contributed by atoms with E-state index in [1.165, 1.54) is 19.3 Å². The molecule has 0 saturated heterocycles. The Morgan fingerprint density at radius 2 is 1.89 bits per heavy atom. The van der Waals surface area contributed by atoms with E-state index in [2.05, 4.69) is 26.3 Å². The second-order valence-electron chi connectivity index (χ2n) is 10.0. The van der Waals surface area contributed by atoms with Gasteiger partial charge in [-0.3, -0.25) is 4.79 Å².